The lowest BCUT2D eigenvalue weighted by Gasteiger charge is -2.17. The molecule has 32 heavy (non-hydrogen) atoms. The number of rotatable bonds is 7. The first-order chi connectivity index (χ1) is 15.5. The minimum atomic E-state index is -0.477. The number of carbonyl (C=O) groups is 1. The maximum atomic E-state index is 13.4. The third-order valence-electron chi connectivity index (χ3n) is 5.35. The van der Waals surface area contributed by atoms with Gasteiger partial charge in [0.25, 0.3) is 5.56 Å². The van der Waals surface area contributed by atoms with Gasteiger partial charge in [0.05, 0.1) is 43.3 Å². The van der Waals surface area contributed by atoms with Crippen molar-refractivity contribution < 1.29 is 19.0 Å². The van der Waals surface area contributed by atoms with Crippen LogP contribution in [0.3, 0.4) is 0 Å². The minimum Gasteiger partial charge on any atom is -0.496 e. The van der Waals surface area contributed by atoms with E-state index in [-0.39, 0.29) is 11.7 Å². The van der Waals surface area contributed by atoms with Crippen LogP contribution in [0.15, 0.2) is 46.3 Å². The second-order valence-electron chi connectivity index (χ2n) is 7.41. The predicted octanol–water partition coefficient (Wildman–Crippen LogP) is 4.32. The molecule has 1 atom stereocenters. The zero-order valence-corrected chi connectivity index (χ0v) is 19.4. The van der Waals surface area contributed by atoms with Gasteiger partial charge in [0.15, 0.2) is 5.16 Å². The Labute approximate surface area is 194 Å². The molecule has 0 radical (unpaired) electrons. The lowest BCUT2D eigenvalue weighted by molar-refractivity contribution is 0.0601. The van der Waals surface area contributed by atoms with Crippen LogP contribution >= 0.6 is 23.4 Å². The molecule has 3 aromatic rings. The lowest BCUT2D eigenvalue weighted by atomic mass is 10.1. The number of hydrogen-bond donors (Lipinski definition) is 0. The van der Waals surface area contributed by atoms with Gasteiger partial charge in [-0.05, 0) is 49.2 Å². The molecular formula is C23H23ClN2O5S. The first-order valence-electron chi connectivity index (χ1n) is 10.2. The van der Waals surface area contributed by atoms with Crippen LogP contribution in [0.25, 0.3) is 10.9 Å². The second kappa shape index (κ2) is 9.94. The molecule has 1 aliphatic heterocycles. The van der Waals surface area contributed by atoms with Crippen molar-refractivity contribution in [2.75, 3.05) is 20.8 Å². The summed E-state index contributed by atoms with van der Waals surface area (Å²) in [6.07, 6.45) is 1.85. The molecule has 1 aromatic heterocycles. The van der Waals surface area contributed by atoms with Crippen LogP contribution in [0.1, 0.15) is 28.8 Å². The quantitative estimate of drug-likeness (QED) is 0.286. The standard InChI is InChI=1S/C23H23ClN2O5S/c1-29-20-8-6-16(24)10-15(20)13-32-23-25-19-11-14(22(28)30-2)5-7-18(19)21(27)26(23)12-17-4-3-9-31-17/h5-8,10-11,17H,3-4,9,12-13H2,1-2H3/t17-/m1/s1. The van der Waals surface area contributed by atoms with Crippen LogP contribution in [0, 0.1) is 0 Å². The first-order valence-corrected chi connectivity index (χ1v) is 11.6. The number of hydrogen-bond acceptors (Lipinski definition) is 7. The molecule has 2 aromatic carbocycles. The normalized spacial score (nSPS) is 15.8. The lowest BCUT2D eigenvalue weighted by Crippen LogP contribution is -2.29. The molecule has 0 N–H and O–H groups in total. The molecule has 9 heteroatoms. The van der Waals surface area contributed by atoms with Gasteiger partial charge in [-0.2, -0.15) is 0 Å². The monoisotopic (exact) mass is 474 g/mol. The van der Waals surface area contributed by atoms with Gasteiger partial charge < -0.3 is 14.2 Å². The van der Waals surface area contributed by atoms with E-state index < -0.39 is 5.97 Å². The first kappa shape index (κ1) is 22.6. The fourth-order valence-electron chi connectivity index (χ4n) is 3.71. The van der Waals surface area contributed by atoms with Crippen molar-refractivity contribution in [2.45, 2.75) is 36.4 Å². The minimum absolute atomic E-state index is 0.0265. The molecule has 0 unspecified atom stereocenters. The van der Waals surface area contributed by atoms with Crippen molar-refractivity contribution in [3.8, 4) is 5.75 Å². The van der Waals surface area contributed by atoms with E-state index in [0.29, 0.717) is 51.3 Å². The molecule has 1 aliphatic rings. The van der Waals surface area contributed by atoms with E-state index in [9.17, 15) is 9.59 Å². The Morgan fingerprint density at radius 3 is 2.84 bits per heavy atom. The highest BCUT2D eigenvalue weighted by atomic mass is 35.5. The van der Waals surface area contributed by atoms with E-state index >= 15 is 0 Å². The molecule has 0 aliphatic carbocycles. The van der Waals surface area contributed by atoms with Crippen LogP contribution in [-0.4, -0.2) is 42.5 Å². The van der Waals surface area contributed by atoms with E-state index in [1.807, 2.05) is 12.1 Å². The number of thioether (sulfide) groups is 1. The van der Waals surface area contributed by atoms with E-state index in [1.165, 1.54) is 18.9 Å². The highest BCUT2D eigenvalue weighted by molar-refractivity contribution is 7.98. The summed E-state index contributed by atoms with van der Waals surface area (Å²) in [6.45, 7) is 1.13. The average Bonchev–Trinajstić information content (AvgIpc) is 3.32. The third kappa shape index (κ3) is 4.77. The van der Waals surface area contributed by atoms with Crippen LogP contribution in [0.4, 0.5) is 0 Å². The van der Waals surface area contributed by atoms with Crippen molar-refractivity contribution >= 4 is 40.2 Å². The summed E-state index contributed by atoms with van der Waals surface area (Å²) in [5.41, 5.74) is 1.52. The number of benzene rings is 2. The molecule has 4 rings (SSSR count). The number of fused-ring (bicyclic) bond motifs is 1. The maximum absolute atomic E-state index is 13.4. The van der Waals surface area contributed by atoms with Crippen molar-refractivity contribution in [2.24, 2.45) is 0 Å². The van der Waals surface area contributed by atoms with Crippen LogP contribution in [0.2, 0.25) is 5.02 Å². The van der Waals surface area contributed by atoms with Gasteiger partial charge in [0.1, 0.15) is 5.75 Å². The smallest absolute Gasteiger partial charge is 0.337 e. The molecular weight excluding hydrogens is 452 g/mol. The average molecular weight is 475 g/mol. The molecule has 7 nitrogen and oxygen atoms in total. The van der Waals surface area contributed by atoms with Crippen LogP contribution in [-0.2, 0) is 21.8 Å². The zero-order valence-electron chi connectivity index (χ0n) is 17.8. The summed E-state index contributed by atoms with van der Waals surface area (Å²) in [4.78, 5) is 30.1. The topological polar surface area (TPSA) is 79.7 Å². The van der Waals surface area contributed by atoms with E-state index in [2.05, 4.69) is 0 Å². The van der Waals surface area contributed by atoms with Crippen LogP contribution < -0.4 is 10.3 Å². The molecule has 1 fully saturated rings. The number of ether oxygens (including phenoxy) is 3. The van der Waals surface area contributed by atoms with Gasteiger partial charge in [-0.25, -0.2) is 9.78 Å². The number of esters is 1. The molecule has 0 saturated carbocycles. The summed E-state index contributed by atoms with van der Waals surface area (Å²) in [5, 5.41) is 1.59. The fourth-order valence-corrected chi connectivity index (χ4v) is 4.89. The SMILES string of the molecule is COC(=O)c1ccc2c(=O)n(C[C@H]3CCCO3)c(SCc3cc(Cl)ccc3OC)nc2c1. The summed E-state index contributed by atoms with van der Waals surface area (Å²) >= 11 is 7.58. The van der Waals surface area contributed by atoms with Gasteiger partial charge >= 0.3 is 5.97 Å². The number of methoxy groups -OCH3 is 2. The Hall–Kier alpha value is -2.55. The van der Waals surface area contributed by atoms with Crippen molar-refractivity contribution in [3.05, 3.63) is 62.9 Å². The molecule has 0 bridgehead atoms. The molecule has 0 amide bonds. The summed E-state index contributed by atoms with van der Waals surface area (Å²) < 4.78 is 17.7. The third-order valence-corrected chi connectivity index (χ3v) is 6.61. The zero-order chi connectivity index (χ0) is 22.7. The van der Waals surface area contributed by atoms with E-state index in [0.717, 1.165) is 18.4 Å². The highest BCUT2D eigenvalue weighted by Crippen LogP contribution is 2.30. The second-order valence-corrected chi connectivity index (χ2v) is 8.79. The Morgan fingerprint density at radius 1 is 1.28 bits per heavy atom. The Bertz CT molecular complexity index is 1210. The Balaban J connectivity index is 1.75. The van der Waals surface area contributed by atoms with Gasteiger partial charge in [-0.3, -0.25) is 9.36 Å². The van der Waals surface area contributed by atoms with E-state index in [4.69, 9.17) is 30.8 Å². The van der Waals surface area contributed by atoms with Crippen molar-refractivity contribution in [3.63, 3.8) is 0 Å². The molecule has 2 heterocycles. The number of carbonyl (C=O) groups excluding carboxylic acids is 1. The van der Waals surface area contributed by atoms with E-state index in [1.54, 1.807) is 35.9 Å². The van der Waals surface area contributed by atoms with Gasteiger partial charge in [0, 0.05) is 22.9 Å². The molecule has 1 saturated heterocycles. The predicted molar refractivity (Wildman–Crippen MR) is 124 cm³/mol. The largest absolute Gasteiger partial charge is 0.496 e. The maximum Gasteiger partial charge on any atom is 0.337 e. The summed E-state index contributed by atoms with van der Waals surface area (Å²) in [7, 11) is 2.92. The van der Waals surface area contributed by atoms with Crippen molar-refractivity contribution in [1.29, 1.82) is 0 Å². The number of aromatic nitrogens is 2. The van der Waals surface area contributed by atoms with Gasteiger partial charge in [0.2, 0.25) is 0 Å². The Morgan fingerprint density at radius 2 is 2.12 bits per heavy atom. The number of nitrogens with zero attached hydrogens (tertiary/aromatic N) is 2. The molecule has 0 spiro atoms. The van der Waals surface area contributed by atoms with Crippen LogP contribution in [0.5, 0.6) is 5.75 Å². The van der Waals surface area contributed by atoms with Gasteiger partial charge in [-0.1, -0.05) is 23.4 Å². The number of halogens is 1. The fraction of sp³-hybridized carbons (Fsp3) is 0.348. The Kier molecular flexibility index (Phi) is 7.03. The van der Waals surface area contributed by atoms with Crippen molar-refractivity contribution in [1.82, 2.24) is 9.55 Å². The van der Waals surface area contributed by atoms with Gasteiger partial charge in [-0.15, -0.1) is 0 Å². The summed E-state index contributed by atoms with van der Waals surface area (Å²) in [6, 6.07) is 10.2. The molecule has 168 valence electrons. The summed E-state index contributed by atoms with van der Waals surface area (Å²) in [5.74, 6) is 0.739. The highest BCUT2D eigenvalue weighted by Gasteiger charge is 2.21.